The third-order valence-electron chi connectivity index (χ3n) is 2.69. The Morgan fingerprint density at radius 3 is 2.68 bits per heavy atom. The molecule has 2 heterocycles. The summed E-state index contributed by atoms with van der Waals surface area (Å²) in [6.07, 6.45) is 0. The first kappa shape index (κ1) is 11.9. The Balaban J connectivity index is 1.98. The number of anilines is 3. The summed E-state index contributed by atoms with van der Waals surface area (Å²) in [6, 6.07) is 8.02. The van der Waals surface area contributed by atoms with Crippen LogP contribution in [0.5, 0.6) is 0 Å². The van der Waals surface area contributed by atoms with Gasteiger partial charge in [-0.25, -0.2) is 14.4 Å². The van der Waals surface area contributed by atoms with E-state index in [0.717, 1.165) is 21.6 Å². The summed E-state index contributed by atoms with van der Waals surface area (Å²) >= 11 is 1.35. The molecule has 0 aliphatic carbocycles. The number of hydrogen-bond acceptors (Lipinski definition) is 5. The zero-order valence-electron chi connectivity index (χ0n) is 10.1. The van der Waals surface area contributed by atoms with Gasteiger partial charge in [-0.05, 0) is 42.8 Å². The second kappa shape index (κ2) is 4.47. The first-order chi connectivity index (χ1) is 9.11. The third-order valence-corrected chi connectivity index (χ3v) is 3.47. The van der Waals surface area contributed by atoms with Crippen LogP contribution in [0.15, 0.2) is 30.3 Å². The zero-order valence-corrected chi connectivity index (χ0v) is 11.0. The standard InChI is InChI=1S/C13H11FN4S/c1-7-6-10(16-9-4-2-8(14)3-5-9)17-12-11(7)18-13(15)19-12/h2-6H,1H3,(H2,15,18)(H,16,17). The molecule has 0 aliphatic rings. The van der Waals surface area contributed by atoms with Gasteiger partial charge in [-0.2, -0.15) is 0 Å². The number of nitrogen functional groups attached to an aromatic ring is 1. The molecule has 0 amide bonds. The first-order valence-electron chi connectivity index (χ1n) is 5.68. The van der Waals surface area contributed by atoms with E-state index in [1.54, 1.807) is 12.1 Å². The van der Waals surface area contributed by atoms with Gasteiger partial charge in [0.15, 0.2) is 5.13 Å². The normalized spacial score (nSPS) is 10.8. The number of aryl methyl sites for hydroxylation is 1. The highest BCUT2D eigenvalue weighted by Gasteiger charge is 2.08. The lowest BCUT2D eigenvalue weighted by molar-refractivity contribution is 0.628. The van der Waals surface area contributed by atoms with Gasteiger partial charge in [-0.3, -0.25) is 0 Å². The summed E-state index contributed by atoms with van der Waals surface area (Å²) in [6.45, 7) is 1.96. The van der Waals surface area contributed by atoms with E-state index in [1.807, 2.05) is 13.0 Å². The number of hydrogen-bond donors (Lipinski definition) is 2. The molecule has 0 fully saturated rings. The van der Waals surface area contributed by atoms with Crippen molar-refractivity contribution in [2.45, 2.75) is 6.92 Å². The molecule has 6 heteroatoms. The lowest BCUT2D eigenvalue weighted by atomic mass is 10.2. The number of nitrogens with two attached hydrogens (primary N) is 1. The number of thiazole rings is 1. The van der Waals surface area contributed by atoms with Crippen molar-refractivity contribution in [2.75, 3.05) is 11.1 Å². The molecule has 0 unspecified atom stereocenters. The average molecular weight is 274 g/mol. The minimum atomic E-state index is -0.264. The Hall–Kier alpha value is -2.21. The molecular weight excluding hydrogens is 263 g/mol. The van der Waals surface area contributed by atoms with Crippen LogP contribution in [0.3, 0.4) is 0 Å². The molecule has 0 saturated carbocycles. The van der Waals surface area contributed by atoms with Crippen molar-refractivity contribution in [2.24, 2.45) is 0 Å². The van der Waals surface area contributed by atoms with Crippen molar-refractivity contribution in [3.8, 4) is 0 Å². The van der Waals surface area contributed by atoms with E-state index < -0.39 is 0 Å². The molecular formula is C13H11FN4S. The van der Waals surface area contributed by atoms with Crippen LogP contribution < -0.4 is 11.1 Å². The number of aromatic nitrogens is 2. The Morgan fingerprint density at radius 2 is 1.95 bits per heavy atom. The summed E-state index contributed by atoms with van der Waals surface area (Å²) < 4.78 is 12.8. The van der Waals surface area contributed by atoms with E-state index in [0.29, 0.717) is 10.9 Å². The summed E-state index contributed by atoms with van der Waals surface area (Å²) in [4.78, 5) is 9.47. The van der Waals surface area contributed by atoms with Crippen molar-refractivity contribution in [3.05, 3.63) is 41.7 Å². The lowest BCUT2D eigenvalue weighted by Crippen LogP contribution is -1.94. The van der Waals surface area contributed by atoms with Gasteiger partial charge in [0, 0.05) is 5.69 Å². The molecule has 3 rings (SSSR count). The second-order valence-electron chi connectivity index (χ2n) is 4.16. The Kier molecular flexibility index (Phi) is 2.79. The average Bonchev–Trinajstić information content (AvgIpc) is 2.73. The Morgan fingerprint density at radius 1 is 1.21 bits per heavy atom. The highest BCUT2D eigenvalue weighted by molar-refractivity contribution is 7.21. The molecule has 3 aromatic rings. The van der Waals surface area contributed by atoms with Crippen molar-refractivity contribution in [1.29, 1.82) is 0 Å². The van der Waals surface area contributed by atoms with Gasteiger partial charge in [0.1, 0.15) is 22.0 Å². The highest BCUT2D eigenvalue weighted by atomic mass is 32.1. The number of nitrogens with one attached hydrogen (secondary N) is 1. The molecule has 0 radical (unpaired) electrons. The number of nitrogens with zero attached hydrogens (tertiary/aromatic N) is 2. The number of rotatable bonds is 2. The van der Waals surface area contributed by atoms with Crippen LogP contribution in [0.4, 0.5) is 21.0 Å². The SMILES string of the molecule is Cc1cc(Nc2ccc(F)cc2)nc2sc(N)nc12. The van der Waals surface area contributed by atoms with Crippen molar-refractivity contribution < 1.29 is 4.39 Å². The van der Waals surface area contributed by atoms with Crippen LogP contribution in [0, 0.1) is 12.7 Å². The quantitative estimate of drug-likeness (QED) is 0.751. The second-order valence-corrected chi connectivity index (χ2v) is 5.17. The fraction of sp³-hybridized carbons (Fsp3) is 0.0769. The van der Waals surface area contributed by atoms with E-state index in [4.69, 9.17) is 5.73 Å². The summed E-state index contributed by atoms with van der Waals surface area (Å²) in [5.74, 6) is 0.431. The van der Waals surface area contributed by atoms with Gasteiger partial charge in [0.2, 0.25) is 0 Å². The van der Waals surface area contributed by atoms with E-state index in [9.17, 15) is 4.39 Å². The molecule has 19 heavy (non-hydrogen) atoms. The van der Waals surface area contributed by atoms with Crippen LogP contribution in [0.1, 0.15) is 5.56 Å². The van der Waals surface area contributed by atoms with Crippen molar-refractivity contribution in [1.82, 2.24) is 9.97 Å². The van der Waals surface area contributed by atoms with E-state index in [2.05, 4.69) is 15.3 Å². The van der Waals surface area contributed by atoms with Crippen molar-refractivity contribution in [3.63, 3.8) is 0 Å². The predicted octanol–water partition coefficient (Wildman–Crippen LogP) is 3.46. The number of benzene rings is 1. The Bertz CT molecular complexity index is 736. The van der Waals surface area contributed by atoms with Crippen LogP contribution in [0.25, 0.3) is 10.3 Å². The Labute approximate surface area is 113 Å². The van der Waals surface area contributed by atoms with Gasteiger partial charge in [0.05, 0.1) is 0 Å². The molecule has 0 spiro atoms. The molecule has 3 N–H and O–H groups in total. The van der Waals surface area contributed by atoms with E-state index in [-0.39, 0.29) is 5.82 Å². The molecule has 0 saturated heterocycles. The molecule has 2 aromatic heterocycles. The fourth-order valence-corrected chi connectivity index (χ4v) is 2.60. The maximum atomic E-state index is 12.8. The maximum absolute atomic E-state index is 12.8. The molecule has 0 atom stereocenters. The largest absolute Gasteiger partial charge is 0.375 e. The number of fused-ring (bicyclic) bond motifs is 1. The van der Waals surface area contributed by atoms with Gasteiger partial charge < -0.3 is 11.1 Å². The minimum Gasteiger partial charge on any atom is -0.375 e. The van der Waals surface area contributed by atoms with Crippen LogP contribution in [-0.4, -0.2) is 9.97 Å². The van der Waals surface area contributed by atoms with Crippen LogP contribution in [0.2, 0.25) is 0 Å². The van der Waals surface area contributed by atoms with Gasteiger partial charge in [-0.15, -0.1) is 0 Å². The first-order valence-corrected chi connectivity index (χ1v) is 6.50. The van der Waals surface area contributed by atoms with Gasteiger partial charge >= 0.3 is 0 Å². The van der Waals surface area contributed by atoms with Crippen LogP contribution in [-0.2, 0) is 0 Å². The van der Waals surface area contributed by atoms with Crippen molar-refractivity contribution >= 4 is 38.3 Å². The van der Waals surface area contributed by atoms with E-state index in [1.165, 1.54) is 23.5 Å². The summed E-state index contributed by atoms with van der Waals surface area (Å²) in [5.41, 5.74) is 8.30. The van der Waals surface area contributed by atoms with E-state index >= 15 is 0 Å². The van der Waals surface area contributed by atoms with Crippen LogP contribution >= 0.6 is 11.3 Å². The third kappa shape index (κ3) is 2.34. The van der Waals surface area contributed by atoms with Gasteiger partial charge in [0.25, 0.3) is 0 Å². The predicted molar refractivity (Wildman–Crippen MR) is 76.2 cm³/mol. The number of pyridine rings is 1. The molecule has 1 aromatic carbocycles. The molecule has 0 aliphatic heterocycles. The zero-order chi connectivity index (χ0) is 13.4. The lowest BCUT2D eigenvalue weighted by Gasteiger charge is -2.06. The fourth-order valence-electron chi connectivity index (χ4n) is 1.82. The smallest absolute Gasteiger partial charge is 0.182 e. The molecule has 96 valence electrons. The summed E-state index contributed by atoms with van der Waals surface area (Å²) in [5, 5.41) is 3.64. The maximum Gasteiger partial charge on any atom is 0.182 e. The minimum absolute atomic E-state index is 0.264. The van der Waals surface area contributed by atoms with Gasteiger partial charge in [-0.1, -0.05) is 11.3 Å². The molecule has 0 bridgehead atoms. The number of halogens is 1. The summed E-state index contributed by atoms with van der Waals surface area (Å²) in [7, 11) is 0. The highest BCUT2D eigenvalue weighted by Crippen LogP contribution is 2.27. The molecule has 4 nitrogen and oxygen atoms in total. The monoisotopic (exact) mass is 274 g/mol. The topological polar surface area (TPSA) is 63.8 Å².